The highest BCUT2D eigenvalue weighted by Crippen LogP contribution is 2.40. The highest BCUT2D eigenvalue weighted by molar-refractivity contribution is 5.79. The van der Waals surface area contributed by atoms with Crippen molar-refractivity contribution in [2.75, 3.05) is 18.6 Å². The smallest absolute Gasteiger partial charge is 0.127 e. The second-order valence-electron chi connectivity index (χ2n) is 9.01. The molecule has 30 heavy (non-hydrogen) atoms. The zero-order valence-corrected chi connectivity index (χ0v) is 17.4. The highest BCUT2D eigenvalue weighted by atomic mass is 16.5. The fourth-order valence-corrected chi connectivity index (χ4v) is 5.55. The Morgan fingerprint density at radius 3 is 2.63 bits per heavy atom. The zero-order valence-electron chi connectivity index (χ0n) is 17.4. The number of hydrogen-bond donors (Lipinski definition) is 2. The lowest BCUT2D eigenvalue weighted by atomic mass is 9.94. The lowest BCUT2D eigenvalue weighted by Crippen LogP contribution is -2.47. The summed E-state index contributed by atoms with van der Waals surface area (Å²) >= 11 is 0. The molecule has 2 bridgehead atoms. The van der Waals surface area contributed by atoms with Gasteiger partial charge in [-0.25, -0.2) is 0 Å². The fraction of sp³-hybridized carbons (Fsp3) is 0.400. The van der Waals surface area contributed by atoms with Crippen LogP contribution in [0.15, 0.2) is 48.8 Å². The minimum atomic E-state index is 0.633. The number of nitrogens with zero attached hydrogens (tertiary/aromatic N) is 2. The van der Waals surface area contributed by atoms with Crippen LogP contribution in [-0.2, 0) is 6.42 Å². The van der Waals surface area contributed by atoms with E-state index in [1.54, 1.807) is 0 Å². The molecule has 5 heteroatoms. The van der Waals surface area contributed by atoms with Gasteiger partial charge in [0.25, 0.3) is 0 Å². The molecule has 0 radical (unpaired) electrons. The average molecular weight is 401 g/mol. The molecule has 2 saturated heterocycles. The van der Waals surface area contributed by atoms with Crippen molar-refractivity contribution in [1.29, 1.82) is 0 Å². The van der Waals surface area contributed by atoms with Gasteiger partial charge in [-0.15, -0.1) is 0 Å². The molecule has 2 fully saturated rings. The number of H-pyrrole nitrogens is 1. The van der Waals surface area contributed by atoms with Crippen LogP contribution in [0.3, 0.4) is 0 Å². The van der Waals surface area contributed by atoms with Crippen LogP contribution in [0, 0.1) is 0 Å². The first-order chi connectivity index (χ1) is 14.7. The Bertz CT molecular complexity index is 1050. The first-order valence-corrected chi connectivity index (χ1v) is 11.1. The van der Waals surface area contributed by atoms with Crippen LogP contribution in [0.2, 0.25) is 0 Å². The van der Waals surface area contributed by atoms with Gasteiger partial charge < -0.3 is 15.0 Å². The van der Waals surface area contributed by atoms with Crippen molar-refractivity contribution in [3.63, 3.8) is 0 Å². The molecule has 1 aromatic heterocycles. The average Bonchev–Trinajstić information content (AvgIpc) is 3.38. The summed E-state index contributed by atoms with van der Waals surface area (Å²) in [4.78, 5) is 2.51. The second-order valence-corrected chi connectivity index (χ2v) is 9.01. The summed E-state index contributed by atoms with van der Waals surface area (Å²) in [6.07, 6.45) is 9.90. The second kappa shape index (κ2) is 7.17. The summed E-state index contributed by atoms with van der Waals surface area (Å²) in [5.41, 5.74) is 7.40. The van der Waals surface area contributed by atoms with E-state index in [-0.39, 0.29) is 0 Å². The van der Waals surface area contributed by atoms with Crippen molar-refractivity contribution in [1.82, 2.24) is 15.5 Å². The normalized spacial score (nSPS) is 24.5. The lowest BCUT2D eigenvalue weighted by molar-refractivity contribution is 0.326. The van der Waals surface area contributed by atoms with Gasteiger partial charge in [0.15, 0.2) is 0 Å². The number of hydrogen-bond acceptors (Lipinski definition) is 4. The molecule has 6 rings (SSSR count). The van der Waals surface area contributed by atoms with E-state index in [4.69, 9.17) is 4.74 Å². The lowest BCUT2D eigenvalue weighted by Gasteiger charge is -2.37. The van der Waals surface area contributed by atoms with Crippen LogP contribution in [0.25, 0.3) is 22.3 Å². The zero-order chi connectivity index (χ0) is 20.1. The van der Waals surface area contributed by atoms with Crippen LogP contribution >= 0.6 is 0 Å². The van der Waals surface area contributed by atoms with Gasteiger partial charge in [-0.3, -0.25) is 5.10 Å². The van der Waals surface area contributed by atoms with E-state index in [0.717, 1.165) is 23.3 Å². The Morgan fingerprint density at radius 1 is 1.00 bits per heavy atom. The van der Waals surface area contributed by atoms with Gasteiger partial charge in [-0.05, 0) is 60.6 Å². The van der Waals surface area contributed by atoms with Gasteiger partial charge >= 0.3 is 0 Å². The molecule has 154 valence electrons. The predicted octanol–water partition coefficient (Wildman–Crippen LogP) is 4.40. The molecule has 0 spiro atoms. The molecule has 3 aliphatic heterocycles. The van der Waals surface area contributed by atoms with Crippen molar-refractivity contribution in [3.8, 4) is 28.0 Å². The Morgan fingerprint density at radius 2 is 1.83 bits per heavy atom. The molecule has 0 amide bonds. The summed E-state index contributed by atoms with van der Waals surface area (Å²) in [5, 5.41) is 10.7. The quantitative estimate of drug-likeness (QED) is 0.684. The molecule has 4 heterocycles. The number of rotatable bonds is 3. The van der Waals surface area contributed by atoms with Crippen LogP contribution < -0.4 is 15.0 Å². The summed E-state index contributed by atoms with van der Waals surface area (Å²) < 4.78 is 6.17. The van der Waals surface area contributed by atoms with E-state index < -0.39 is 0 Å². The van der Waals surface area contributed by atoms with Crippen LogP contribution in [-0.4, -0.2) is 42.0 Å². The highest BCUT2D eigenvalue weighted by Gasteiger charge is 2.35. The van der Waals surface area contributed by atoms with Crippen molar-refractivity contribution in [3.05, 3.63) is 54.4 Å². The topological polar surface area (TPSA) is 53.2 Å². The molecule has 0 aliphatic carbocycles. The maximum atomic E-state index is 6.17. The van der Waals surface area contributed by atoms with Gasteiger partial charge in [0.05, 0.1) is 12.8 Å². The number of ether oxygens (including phenoxy) is 1. The summed E-state index contributed by atoms with van der Waals surface area (Å²) in [6.45, 7) is 0.708. The molecule has 0 saturated carbocycles. The van der Waals surface area contributed by atoms with Gasteiger partial charge in [-0.1, -0.05) is 18.2 Å². The van der Waals surface area contributed by atoms with E-state index in [2.05, 4.69) is 63.9 Å². The monoisotopic (exact) mass is 400 g/mol. The molecular formula is C25H28N4O. The largest absolute Gasteiger partial charge is 0.493 e. The van der Waals surface area contributed by atoms with Crippen molar-refractivity contribution in [2.45, 2.75) is 50.2 Å². The van der Waals surface area contributed by atoms with Gasteiger partial charge in [0, 0.05) is 54.6 Å². The molecule has 3 atom stereocenters. The standard InChI is InChI=1S/C25H28N4O/c1-29(22-12-19-3-4-20(13-22)28-19)21-5-7-23-17(10-21)8-9-30-25-11-16(2-6-24(23)25)18-14-26-27-15-18/h2,5-7,10-11,14-15,19-20,22,28H,3-4,8-9,12-13H2,1H3,(H,26,27)/t19-,20+,22+. The summed E-state index contributed by atoms with van der Waals surface area (Å²) in [5.74, 6) is 0.962. The van der Waals surface area contributed by atoms with Gasteiger partial charge in [0.1, 0.15) is 5.75 Å². The van der Waals surface area contributed by atoms with Gasteiger partial charge in [0.2, 0.25) is 0 Å². The number of aromatic nitrogens is 2. The number of aromatic amines is 1. The Balaban J connectivity index is 1.31. The molecule has 3 aliphatic rings. The molecule has 0 unspecified atom stereocenters. The van der Waals surface area contributed by atoms with E-state index in [9.17, 15) is 0 Å². The summed E-state index contributed by atoms with van der Waals surface area (Å²) in [7, 11) is 2.27. The first kappa shape index (κ1) is 18.0. The third-order valence-electron chi connectivity index (χ3n) is 7.22. The summed E-state index contributed by atoms with van der Waals surface area (Å²) in [6, 6.07) is 15.5. The molecule has 3 aromatic rings. The van der Waals surface area contributed by atoms with Crippen LogP contribution in [0.1, 0.15) is 31.2 Å². The maximum Gasteiger partial charge on any atom is 0.127 e. The van der Waals surface area contributed by atoms with Crippen molar-refractivity contribution >= 4 is 5.69 Å². The first-order valence-electron chi connectivity index (χ1n) is 11.1. The molecule has 2 N–H and O–H groups in total. The van der Waals surface area contributed by atoms with E-state index in [1.165, 1.54) is 48.1 Å². The predicted molar refractivity (Wildman–Crippen MR) is 120 cm³/mol. The molecular weight excluding hydrogens is 372 g/mol. The van der Waals surface area contributed by atoms with E-state index >= 15 is 0 Å². The van der Waals surface area contributed by atoms with Crippen molar-refractivity contribution in [2.24, 2.45) is 0 Å². The number of fused-ring (bicyclic) bond motifs is 5. The fourth-order valence-electron chi connectivity index (χ4n) is 5.55. The van der Waals surface area contributed by atoms with E-state index in [1.807, 2.05) is 12.4 Å². The SMILES string of the molecule is CN(c1ccc2c(c1)CCOc1cc(-c3cn[nH]c3)ccc1-2)[C@H]1C[C@H]2CC[C@@H](C1)N2. The molecule has 2 aromatic carbocycles. The number of piperidine rings is 1. The third kappa shape index (κ3) is 3.08. The Kier molecular flexibility index (Phi) is 4.30. The number of nitrogens with one attached hydrogen (secondary N) is 2. The van der Waals surface area contributed by atoms with E-state index in [0.29, 0.717) is 24.7 Å². The number of benzene rings is 2. The Labute approximate surface area is 177 Å². The van der Waals surface area contributed by atoms with Crippen molar-refractivity contribution < 1.29 is 4.74 Å². The van der Waals surface area contributed by atoms with Crippen LogP contribution in [0.4, 0.5) is 5.69 Å². The Hall–Kier alpha value is -2.79. The minimum absolute atomic E-state index is 0.633. The number of anilines is 1. The maximum absolute atomic E-state index is 6.17. The third-order valence-corrected chi connectivity index (χ3v) is 7.22. The van der Waals surface area contributed by atoms with Crippen LogP contribution in [0.5, 0.6) is 5.75 Å². The minimum Gasteiger partial charge on any atom is -0.493 e. The molecule has 5 nitrogen and oxygen atoms in total. The van der Waals surface area contributed by atoms with Gasteiger partial charge in [-0.2, -0.15) is 5.10 Å².